The number of pyridine rings is 1. The molecule has 0 saturated heterocycles. The number of hydrogen-bond acceptors (Lipinski definition) is 8. The third-order valence-corrected chi connectivity index (χ3v) is 7.15. The van der Waals surface area contributed by atoms with Gasteiger partial charge in [-0.2, -0.15) is 4.72 Å². The van der Waals surface area contributed by atoms with Gasteiger partial charge in [0.15, 0.2) is 0 Å². The fraction of sp³-hybridized carbons (Fsp3) is 0.435. The van der Waals surface area contributed by atoms with E-state index in [2.05, 4.69) is 26.0 Å². The number of benzene rings is 1. The summed E-state index contributed by atoms with van der Waals surface area (Å²) < 4.78 is 27.9. The van der Waals surface area contributed by atoms with E-state index in [1.54, 1.807) is 23.7 Å². The van der Waals surface area contributed by atoms with Crippen molar-refractivity contribution < 1.29 is 23.1 Å². The molecule has 0 saturated carbocycles. The molecule has 1 aliphatic heterocycles. The molecule has 12 nitrogen and oxygen atoms in total. The van der Waals surface area contributed by atoms with Crippen LogP contribution in [0.3, 0.4) is 0 Å². The lowest BCUT2D eigenvalue weighted by atomic mass is 10.1. The van der Waals surface area contributed by atoms with Crippen molar-refractivity contribution in [3.63, 3.8) is 0 Å². The second-order valence-electron chi connectivity index (χ2n) is 8.52. The van der Waals surface area contributed by atoms with Crippen molar-refractivity contribution in [3.8, 4) is 0 Å². The number of carbonyl (C=O) groups excluding carboxylic acids is 1. The van der Waals surface area contributed by atoms with Crippen molar-refractivity contribution in [3.05, 3.63) is 58.0 Å². The second-order valence-corrected chi connectivity index (χ2v) is 10.4. The quantitative estimate of drug-likeness (QED) is 0.216. The van der Waals surface area contributed by atoms with Crippen molar-refractivity contribution in [1.82, 2.24) is 30.6 Å². The molecule has 0 radical (unpaired) electrons. The molecule has 2 heterocycles. The lowest BCUT2D eigenvalue weighted by Gasteiger charge is -2.23. The Morgan fingerprint density at radius 2 is 2.08 bits per heavy atom. The van der Waals surface area contributed by atoms with Gasteiger partial charge in [-0.25, -0.2) is 8.42 Å². The van der Waals surface area contributed by atoms with E-state index in [1.165, 1.54) is 6.20 Å². The molecule has 2 unspecified atom stereocenters. The van der Waals surface area contributed by atoms with Crippen LogP contribution in [-0.2, 0) is 28.4 Å². The Bertz CT molecular complexity index is 1310. The Balaban J connectivity index is 1.72. The number of carbonyl (C=O) groups is 2. The highest BCUT2D eigenvalue weighted by Crippen LogP contribution is 2.14. The highest BCUT2D eigenvalue weighted by molar-refractivity contribution is 7.89. The topological polar surface area (TPSA) is 171 Å². The number of carboxylic acids is 1. The fourth-order valence-electron chi connectivity index (χ4n) is 3.70. The van der Waals surface area contributed by atoms with E-state index in [-0.39, 0.29) is 17.6 Å². The standard InChI is InChI=1S/C23H32N6O6S/c1-3-4-10-36(34,35)28-18(22(32)33)13-26-21(31)17-14-29(2)19-11-15(6-7-16(19)20(17)30)12-27-23-24-8-5-9-25-23/h5-8,11,14,18,23-25,27-28H,3-4,9-10,12-13H2,1-2H3,(H,26,31)(H,32,33). The third-order valence-electron chi connectivity index (χ3n) is 5.68. The van der Waals surface area contributed by atoms with Gasteiger partial charge in [-0.15, -0.1) is 0 Å². The number of unbranched alkanes of at least 4 members (excludes halogenated alkanes) is 1. The Morgan fingerprint density at radius 1 is 1.31 bits per heavy atom. The molecule has 36 heavy (non-hydrogen) atoms. The van der Waals surface area contributed by atoms with E-state index in [0.717, 1.165) is 12.1 Å². The zero-order valence-corrected chi connectivity index (χ0v) is 21.0. The van der Waals surface area contributed by atoms with Crippen molar-refractivity contribution in [2.45, 2.75) is 38.6 Å². The van der Waals surface area contributed by atoms with E-state index in [9.17, 15) is 27.9 Å². The number of aliphatic carboxylic acids is 1. The van der Waals surface area contributed by atoms with Crippen LogP contribution in [0.15, 0.2) is 41.5 Å². The summed E-state index contributed by atoms with van der Waals surface area (Å²) >= 11 is 0. The summed E-state index contributed by atoms with van der Waals surface area (Å²) in [7, 11) is -2.12. The summed E-state index contributed by atoms with van der Waals surface area (Å²) in [4.78, 5) is 37.3. The number of nitrogens with zero attached hydrogens (tertiary/aromatic N) is 1. The van der Waals surface area contributed by atoms with E-state index in [1.807, 2.05) is 25.3 Å². The molecule has 196 valence electrons. The minimum Gasteiger partial charge on any atom is -0.480 e. The van der Waals surface area contributed by atoms with Gasteiger partial charge in [-0.1, -0.05) is 25.5 Å². The van der Waals surface area contributed by atoms with Crippen molar-refractivity contribution in [1.29, 1.82) is 0 Å². The molecule has 0 aliphatic carbocycles. The van der Waals surface area contributed by atoms with Crippen LogP contribution in [-0.4, -0.2) is 61.1 Å². The van der Waals surface area contributed by atoms with E-state index in [0.29, 0.717) is 30.3 Å². The molecule has 0 bridgehead atoms. The summed E-state index contributed by atoms with van der Waals surface area (Å²) in [5.41, 5.74) is 0.896. The second kappa shape index (κ2) is 12.1. The average Bonchev–Trinajstić information content (AvgIpc) is 2.86. The number of hydrogen-bond donors (Lipinski definition) is 6. The number of sulfonamides is 1. The number of nitrogens with one attached hydrogen (secondary N) is 5. The van der Waals surface area contributed by atoms with Crippen molar-refractivity contribution >= 4 is 32.8 Å². The summed E-state index contributed by atoms with van der Waals surface area (Å²) in [6, 6.07) is 3.74. The van der Waals surface area contributed by atoms with Crippen molar-refractivity contribution in [2.75, 3.05) is 18.8 Å². The number of aromatic nitrogens is 1. The summed E-state index contributed by atoms with van der Waals surface area (Å²) in [5, 5.41) is 21.8. The van der Waals surface area contributed by atoms with Gasteiger partial charge >= 0.3 is 5.97 Å². The highest BCUT2D eigenvalue weighted by atomic mass is 32.2. The van der Waals surface area contributed by atoms with Gasteiger partial charge in [-0.05, 0) is 30.3 Å². The van der Waals surface area contributed by atoms with Crippen molar-refractivity contribution in [2.24, 2.45) is 7.05 Å². The molecule has 1 aromatic heterocycles. The molecule has 1 aliphatic rings. The minimum absolute atomic E-state index is 0.0775. The zero-order chi connectivity index (χ0) is 26.3. The van der Waals surface area contributed by atoms with Gasteiger partial charge < -0.3 is 20.3 Å². The molecule has 2 atom stereocenters. The SMILES string of the molecule is CCCCS(=O)(=O)NC(CNC(=O)c1cn(C)c2cc(CNC3NC=CCN3)ccc2c1=O)C(=O)O. The maximum absolute atomic E-state index is 13.0. The molecule has 0 fully saturated rings. The molecular weight excluding hydrogens is 488 g/mol. The van der Waals surface area contributed by atoms with Crippen LogP contribution < -0.4 is 31.4 Å². The van der Waals surface area contributed by atoms with Crippen LogP contribution in [0.5, 0.6) is 0 Å². The first-order valence-electron chi connectivity index (χ1n) is 11.6. The number of carboxylic acid groups (broad SMARTS) is 1. The number of fused-ring (bicyclic) bond motifs is 1. The highest BCUT2D eigenvalue weighted by Gasteiger charge is 2.25. The maximum Gasteiger partial charge on any atom is 0.323 e. The normalized spacial score (nSPS) is 16.4. The third kappa shape index (κ3) is 7.13. The molecule has 13 heteroatoms. The predicted octanol–water partition coefficient (Wildman–Crippen LogP) is -0.479. The zero-order valence-electron chi connectivity index (χ0n) is 20.2. The predicted molar refractivity (Wildman–Crippen MR) is 136 cm³/mol. The van der Waals surface area contributed by atoms with Crippen LogP contribution in [0.2, 0.25) is 0 Å². The van der Waals surface area contributed by atoms with Crippen LogP contribution in [0, 0.1) is 0 Å². The Kier molecular flexibility index (Phi) is 9.20. The van der Waals surface area contributed by atoms with Crippen LogP contribution >= 0.6 is 0 Å². The Labute approximate surface area is 209 Å². The van der Waals surface area contributed by atoms with Gasteiger partial charge in [0.1, 0.15) is 17.9 Å². The van der Waals surface area contributed by atoms with Gasteiger partial charge in [-0.3, -0.25) is 25.0 Å². The summed E-state index contributed by atoms with van der Waals surface area (Å²) in [6.45, 7) is 2.59. The van der Waals surface area contributed by atoms with Gasteiger partial charge in [0.2, 0.25) is 15.5 Å². The molecular formula is C23H32N6O6S. The first kappa shape index (κ1) is 27.3. The Hall–Kier alpha value is -3.26. The number of rotatable bonds is 12. The van der Waals surface area contributed by atoms with Crippen LogP contribution in [0.25, 0.3) is 10.9 Å². The molecule has 3 rings (SSSR count). The monoisotopic (exact) mass is 520 g/mol. The van der Waals surface area contributed by atoms with Crippen LogP contribution in [0.1, 0.15) is 35.7 Å². The molecule has 6 N–H and O–H groups in total. The lowest BCUT2D eigenvalue weighted by molar-refractivity contribution is -0.138. The van der Waals surface area contributed by atoms with Gasteiger partial charge in [0.05, 0.1) is 11.3 Å². The fourth-order valence-corrected chi connectivity index (χ4v) is 5.10. The molecule has 1 amide bonds. The molecule has 2 aromatic rings. The van der Waals surface area contributed by atoms with Crippen LogP contribution in [0.4, 0.5) is 0 Å². The van der Waals surface area contributed by atoms with Gasteiger partial charge in [0, 0.05) is 38.3 Å². The number of aryl methyl sites for hydroxylation is 1. The Morgan fingerprint density at radius 3 is 2.75 bits per heavy atom. The first-order chi connectivity index (χ1) is 17.1. The maximum atomic E-state index is 13.0. The van der Waals surface area contributed by atoms with E-state index in [4.69, 9.17) is 0 Å². The summed E-state index contributed by atoms with van der Waals surface area (Å²) in [5.74, 6) is -2.43. The lowest BCUT2D eigenvalue weighted by Crippen LogP contribution is -2.52. The summed E-state index contributed by atoms with van der Waals surface area (Å²) in [6.07, 6.45) is 6.14. The number of amides is 1. The van der Waals surface area contributed by atoms with E-state index < -0.39 is 39.9 Å². The molecule has 0 spiro atoms. The van der Waals surface area contributed by atoms with Gasteiger partial charge in [0.25, 0.3) is 5.91 Å². The average molecular weight is 521 g/mol. The minimum atomic E-state index is -3.82. The van der Waals surface area contributed by atoms with E-state index >= 15 is 0 Å². The first-order valence-corrected chi connectivity index (χ1v) is 13.3. The largest absolute Gasteiger partial charge is 0.480 e. The smallest absolute Gasteiger partial charge is 0.323 e. The molecule has 1 aromatic carbocycles.